The van der Waals surface area contributed by atoms with Crippen LogP contribution in [0.5, 0.6) is 0 Å². The molecule has 1 aliphatic rings. The third-order valence-corrected chi connectivity index (χ3v) is 5.42. The molecule has 1 aliphatic heterocycles. The van der Waals surface area contributed by atoms with Crippen molar-refractivity contribution in [3.05, 3.63) is 57.2 Å². The zero-order valence-corrected chi connectivity index (χ0v) is 16.8. The number of ether oxygens (including phenoxy) is 1. The molecular formula is C20H25Cl2N3O. The first-order valence-electron chi connectivity index (χ1n) is 9.02. The number of anilines is 1. The molecule has 1 aromatic heterocycles. The first-order valence-corrected chi connectivity index (χ1v) is 9.78. The van der Waals surface area contributed by atoms with Gasteiger partial charge in [-0.15, -0.1) is 0 Å². The normalized spacial score (nSPS) is 17.6. The van der Waals surface area contributed by atoms with Crippen molar-refractivity contribution in [2.24, 2.45) is 0 Å². The lowest BCUT2D eigenvalue weighted by molar-refractivity contribution is 0.0683. The van der Waals surface area contributed by atoms with Gasteiger partial charge in [-0.2, -0.15) is 0 Å². The maximum absolute atomic E-state index is 6.36. The maximum atomic E-state index is 6.36. The molecule has 26 heavy (non-hydrogen) atoms. The SMILES string of the molecule is CCO[C@@H]1CCN(Cc2cc(NCc3ccc(Cl)c(C)c3)ncc2Cl)C1. The highest BCUT2D eigenvalue weighted by Crippen LogP contribution is 2.23. The molecule has 0 saturated carbocycles. The van der Waals surface area contributed by atoms with Crippen LogP contribution in [0.2, 0.25) is 10.0 Å². The van der Waals surface area contributed by atoms with E-state index in [-0.39, 0.29) is 0 Å². The standard InChI is InChI=1S/C20H25Cl2N3O/c1-3-26-17-6-7-25(13-17)12-16-9-20(24-11-19(16)22)23-10-15-4-5-18(21)14(2)8-15/h4-5,8-9,11,17H,3,6-7,10,12-13H2,1-2H3,(H,23,24)/t17-/m1/s1. The number of aromatic nitrogens is 1. The van der Waals surface area contributed by atoms with Gasteiger partial charge in [0, 0.05) is 44.0 Å². The molecule has 0 unspecified atom stereocenters. The highest BCUT2D eigenvalue weighted by Gasteiger charge is 2.23. The first kappa shape index (κ1) is 19.4. The van der Waals surface area contributed by atoms with Gasteiger partial charge in [-0.25, -0.2) is 4.98 Å². The van der Waals surface area contributed by atoms with E-state index in [1.807, 2.05) is 32.0 Å². The lowest BCUT2D eigenvalue weighted by Crippen LogP contribution is -2.23. The minimum atomic E-state index is 0.339. The Labute approximate surface area is 165 Å². The van der Waals surface area contributed by atoms with E-state index in [1.54, 1.807) is 6.20 Å². The first-order chi connectivity index (χ1) is 12.5. The number of hydrogen-bond donors (Lipinski definition) is 1. The Morgan fingerprint density at radius 2 is 2.12 bits per heavy atom. The summed E-state index contributed by atoms with van der Waals surface area (Å²) < 4.78 is 5.72. The van der Waals surface area contributed by atoms with E-state index in [0.717, 1.165) is 54.6 Å². The third-order valence-electron chi connectivity index (χ3n) is 4.66. The van der Waals surface area contributed by atoms with Crippen LogP contribution >= 0.6 is 23.2 Å². The smallest absolute Gasteiger partial charge is 0.126 e. The molecule has 1 aromatic carbocycles. The quantitative estimate of drug-likeness (QED) is 0.724. The number of benzene rings is 1. The minimum absolute atomic E-state index is 0.339. The summed E-state index contributed by atoms with van der Waals surface area (Å²) in [7, 11) is 0. The molecule has 2 heterocycles. The summed E-state index contributed by atoms with van der Waals surface area (Å²) in [5.74, 6) is 0.831. The predicted molar refractivity (Wildman–Crippen MR) is 108 cm³/mol. The second kappa shape index (κ2) is 9.05. The molecule has 4 nitrogen and oxygen atoms in total. The predicted octanol–water partition coefficient (Wildman–Crippen LogP) is 4.92. The van der Waals surface area contributed by atoms with E-state index in [1.165, 1.54) is 5.56 Å². The minimum Gasteiger partial charge on any atom is -0.377 e. The van der Waals surface area contributed by atoms with E-state index in [2.05, 4.69) is 21.3 Å². The number of hydrogen-bond acceptors (Lipinski definition) is 4. The fourth-order valence-corrected chi connectivity index (χ4v) is 3.54. The maximum Gasteiger partial charge on any atom is 0.126 e. The van der Waals surface area contributed by atoms with Crippen molar-refractivity contribution in [3.63, 3.8) is 0 Å². The summed E-state index contributed by atoms with van der Waals surface area (Å²) in [5, 5.41) is 4.87. The van der Waals surface area contributed by atoms with Gasteiger partial charge in [0.1, 0.15) is 5.82 Å². The van der Waals surface area contributed by atoms with Crippen LogP contribution in [0.3, 0.4) is 0 Å². The van der Waals surface area contributed by atoms with E-state index in [4.69, 9.17) is 27.9 Å². The topological polar surface area (TPSA) is 37.4 Å². The summed E-state index contributed by atoms with van der Waals surface area (Å²) in [5.41, 5.74) is 3.34. The molecule has 0 bridgehead atoms. The second-order valence-electron chi connectivity index (χ2n) is 6.70. The van der Waals surface area contributed by atoms with Gasteiger partial charge >= 0.3 is 0 Å². The van der Waals surface area contributed by atoms with Gasteiger partial charge in [-0.3, -0.25) is 4.90 Å². The van der Waals surface area contributed by atoms with Crippen molar-refractivity contribution in [3.8, 4) is 0 Å². The Kier molecular flexibility index (Phi) is 6.76. The van der Waals surface area contributed by atoms with Crippen LogP contribution in [0.15, 0.2) is 30.5 Å². The molecule has 1 atom stereocenters. The second-order valence-corrected chi connectivity index (χ2v) is 7.51. The Bertz CT molecular complexity index is 754. The molecule has 6 heteroatoms. The summed E-state index contributed by atoms with van der Waals surface area (Å²) in [4.78, 5) is 6.78. The summed E-state index contributed by atoms with van der Waals surface area (Å²) in [6, 6.07) is 8.08. The van der Waals surface area contributed by atoms with Crippen molar-refractivity contribution >= 4 is 29.0 Å². The van der Waals surface area contributed by atoms with Gasteiger partial charge in [0.25, 0.3) is 0 Å². The van der Waals surface area contributed by atoms with Crippen LogP contribution in [0, 0.1) is 6.92 Å². The van der Waals surface area contributed by atoms with E-state index >= 15 is 0 Å². The molecule has 1 N–H and O–H groups in total. The van der Waals surface area contributed by atoms with E-state index in [9.17, 15) is 0 Å². The number of likely N-dealkylation sites (tertiary alicyclic amines) is 1. The van der Waals surface area contributed by atoms with Crippen molar-refractivity contribution in [1.82, 2.24) is 9.88 Å². The fourth-order valence-electron chi connectivity index (χ4n) is 3.26. The lowest BCUT2D eigenvalue weighted by Gasteiger charge is -2.17. The number of nitrogens with one attached hydrogen (secondary N) is 1. The molecule has 1 fully saturated rings. The molecule has 0 aliphatic carbocycles. The van der Waals surface area contributed by atoms with Crippen LogP contribution in [0.4, 0.5) is 5.82 Å². The summed E-state index contributed by atoms with van der Waals surface area (Å²) in [6.45, 7) is 8.34. The number of aryl methyl sites for hydroxylation is 1. The summed E-state index contributed by atoms with van der Waals surface area (Å²) >= 11 is 12.5. The van der Waals surface area contributed by atoms with Crippen molar-refractivity contribution in [1.29, 1.82) is 0 Å². The van der Waals surface area contributed by atoms with Gasteiger partial charge < -0.3 is 10.1 Å². The Morgan fingerprint density at radius 3 is 2.88 bits per heavy atom. The van der Waals surface area contributed by atoms with E-state index in [0.29, 0.717) is 17.7 Å². The van der Waals surface area contributed by atoms with Gasteiger partial charge in [0.05, 0.1) is 11.1 Å². The van der Waals surface area contributed by atoms with E-state index < -0.39 is 0 Å². The van der Waals surface area contributed by atoms with Crippen molar-refractivity contribution in [2.45, 2.75) is 39.5 Å². The summed E-state index contributed by atoms with van der Waals surface area (Å²) in [6.07, 6.45) is 3.14. The lowest BCUT2D eigenvalue weighted by atomic mass is 10.1. The van der Waals surface area contributed by atoms with Crippen LogP contribution in [-0.4, -0.2) is 35.7 Å². The highest BCUT2D eigenvalue weighted by molar-refractivity contribution is 6.31. The van der Waals surface area contributed by atoms with Gasteiger partial charge in [0.15, 0.2) is 0 Å². The highest BCUT2D eigenvalue weighted by atomic mass is 35.5. The largest absolute Gasteiger partial charge is 0.377 e. The molecule has 1 saturated heterocycles. The Balaban J connectivity index is 1.61. The van der Waals surface area contributed by atoms with Gasteiger partial charge in [-0.1, -0.05) is 35.3 Å². The Hall–Kier alpha value is -1.33. The fraction of sp³-hybridized carbons (Fsp3) is 0.450. The van der Waals surface area contributed by atoms with Crippen molar-refractivity contribution < 1.29 is 4.74 Å². The molecular weight excluding hydrogens is 369 g/mol. The zero-order chi connectivity index (χ0) is 18.5. The average Bonchev–Trinajstić information content (AvgIpc) is 3.06. The zero-order valence-electron chi connectivity index (χ0n) is 15.3. The third kappa shape index (κ3) is 5.10. The Morgan fingerprint density at radius 1 is 1.27 bits per heavy atom. The number of nitrogens with zero attached hydrogens (tertiary/aromatic N) is 2. The number of halogens is 2. The molecule has 0 spiro atoms. The van der Waals surface area contributed by atoms with Gasteiger partial charge in [-0.05, 0) is 49.1 Å². The van der Waals surface area contributed by atoms with Crippen LogP contribution < -0.4 is 5.32 Å². The molecule has 3 rings (SSSR count). The van der Waals surface area contributed by atoms with Crippen LogP contribution in [0.1, 0.15) is 30.0 Å². The van der Waals surface area contributed by atoms with Crippen LogP contribution in [-0.2, 0) is 17.8 Å². The molecule has 140 valence electrons. The molecule has 0 amide bonds. The van der Waals surface area contributed by atoms with Gasteiger partial charge in [0.2, 0.25) is 0 Å². The van der Waals surface area contributed by atoms with Crippen molar-refractivity contribution in [2.75, 3.05) is 25.0 Å². The average molecular weight is 394 g/mol. The molecule has 2 aromatic rings. The molecule has 0 radical (unpaired) electrons. The number of pyridine rings is 1. The van der Waals surface area contributed by atoms with Crippen LogP contribution in [0.25, 0.3) is 0 Å². The monoisotopic (exact) mass is 393 g/mol. The number of rotatable bonds is 7.